The molecule has 0 saturated carbocycles. The Hall–Kier alpha value is -2.60. The molecule has 0 bridgehead atoms. The molecule has 0 radical (unpaired) electrons. The molecular formula is C20H23N5S. The highest BCUT2D eigenvalue weighted by atomic mass is 32.1. The third-order valence-corrected chi connectivity index (χ3v) is 4.74. The van der Waals surface area contributed by atoms with Gasteiger partial charge in [-0.1, -0.05) is 60.7 Å². The fourth-order valence-electron chi connectivity index (χ4n) is 2.87. The van der Waals surface area contributed by atoms with E-state index in [1.807, 2.05) is 36.4 Å². The molecule has 0 aliphatic rings. The summed E-state index contributed by atoms with van der Waals surface area (Å²) in [7, 11) is 0. The summed E-state index contributed by atoms with van der Waals surface area (Å²) in [6, 6.07) is 20.4. The minimum absolute atomic E-state index is 0.797. The number of tetrazole rings is 1. The quantitative estimate of drug-likeness (QED) is 0.568. The second kappa shape index (κ2) is 9.20. The minimum Gasteiger partial charge on any atom is -0.362 e. The monoisotopic (exact) mass is 365 g/mol. The smallest absolute Gasteiger partial charge is 0.156 e. The fourth-order valence-corrected chi connectivity index (χ4v) is 3.21. The maximum absolute atomic E-state index is 5.66. The van der Waals surface area contributed by atoms with Gasteiger partial charge in [0.25, 0.3) is 0 Å². The van der Waals surface area contributed by atoms with E-state index in [4.69, 9.17) is 12.2 Å². The van der Waals surface area contributed by atoms with Crippen LogP contribution in [-0.4, -0.2) is 36.6 Å². The van der Waals surface area contributed by atoms with Gasteiger partial charge in [-0.25, -0.2) is 0 Å². The standard InChI is InChI=1S/C20H23N5S/c1-2-24(16-17-10-5-3-6-11-17)20(26)15-9-14-19-21-22-23-25(19)18-12-7-4-8-13-18/h3-8,10-13H,2,9,14-16H2,1H3. The van der Waals surface area contributed by atoms with E-state index in [9.17, 15) is 0 Å². The molecule has 0 fully saturated rings. The Kier molecular flexibility index (Phi) is 6.44. The SMILES string of the molecule is CCN(Cc1ccccc1)C(=S)CCCc1nnnn1-c1ccccc1. The van der Waals surface area contributed by atoms with Gasteiger partial charge in [-0.2, -0.15) is 4.68 Å². The number of aryl methyl sites for hydroxylation is 1. The Morgan fingerprint density at radius 2 is 1.73 bits per heavy atom. The third kappa shape index (κ3) is 4.73. The Balaban J connectivity index is 1.55. The average molecular weight is 366 g/mol. The second-order valence-electron chi connectivity index (χ2n) is 6.09. The molecule has 1 heterocycles. The summed E-state index contributed by atoms with van der Waals surface area (Å²) in [5, 5.41) is 12.1. The van der Waals surface area contributed by atoms with Crippen molar-refractivity contribution in [2.45, 2.75) is 32.7 Å². The van der Waals surface area contributed by atoms with Gasteiger partial charge in [0.1, 0.15) is 0 Å². The topological polar surface area (TPSA) is 46.8 Å². The van der Waals surface area contributed by atoms with E-state index in [0.717, 1.165) is 48.9 Å². The lowest BCUT2D eigenvalue weighted by molar-refractivity contribution is 0.432. The molecule has 6 heteroatoms. The van der Waals surface area contributed by atoms with Crippen molar-refractivity contribution in [2.75, 3.05) is 6.54 Å². The Morgan fingerprint density at radius 1 is 1.04 bits per heavy atom. The summed E-state index contributed by atoms with van der Waals surface area (Å²) in [4.78, 5) is 3.25. The molecule has 3 rings (SSSR count). The van der Waals surface area contributed by atoms with E-state index in [1.165, 1.54) is 5.56 Å². The van der Waals surface area contributed by atoms with Gasteiger partial charge in [0.15, 0.2) is 5.82 Å². The van der Waals surface area contributed by atoms with E-state index < -0.39 is 0 Å². The van der Waals surface area contributed by atoms with Crippen molar-refractivity contribution in [2.24, 2.45) is 0 Å². The molecule has 2 aromatic carbocycles. The van der Waals surface area contributed by atoms with Crippen LogP contribution in [0.5, 0.6) is 0 Å². The number of para-hydroxylation sites is 1. The van der Waals surface area contributed by atoms with Gasteiger partial charge < -0.3 is 4.90 Å². The van der Waals surface area contributed by atoms with Crippen LogP contribution in [0.15, 0.2) is 60.7 Å². The number of rotatable bonds is 8. The van der Waals surface area contributed by atoms with Crippen molar-refractivity contribution in [3.8, 4) is 5.69 Å². The fraction of sp³-hybridized carbons (Fsp3) is 0.300. The van der Waals surface area contributed by atoms with Crippen molar-refractivity contribution < 1.29 is 0 Å². The molecule has 26 heavy (non-hydrogen) atoms. The normalized spacial score (nSPS) is 10.7. The van der Waals surface area contributed by atoms with Gasteiger partial charge in [-0.15, -0.1) is 5.10 Å². The number of nitrogens with zero attached hydrogens (tertiary/aromatic N) is 5. The minimum atomic E-state index is 0.797. The van der Waals surface area contributed by atoms with Crippen LogP contribution in [0.1, 0.15) is 31.2 Å². The summed E-state index contributed by atoms with van der Waals surface area (Å²) < 4.78 is 1.80. The van der Waals surface area contributed by atoms with Crippen LogP contribution < -0.4 is 0 Å². The van der Waals surface area contributed by atoms with Crippen LogP contribution in [0.2, 0.25) is 0 Å². The maximum atomic E-state index is 5.66. The first kappa shape index (κ1) is 18.2. The first-order valence-corrected chi connectivity index (χ1v) is 9.33. The van der Waals surface area contributed by atoms with Crippen molar-refractivity contribution >= 4 is 17.2 Å². The molecule has 0 amide bonds. The zero-order valence-electron chi connectivity index (χ0n) is 15.0. The van der Waals surface area contributed by atoms with Crippen molar-refractivity contribution in [3.05, 3.63) is 72.1 Å². The van der Waals surface area contributed by atoms with Crippen LogP contribution >= 0.6 is 12.2 Å². The number of thiocarbonyl (C=S) groups is 1. The van der Waals surface area contributed by atoms with E-state index in [2.05, 4.69) is 51.6 Å². The van der Waals surface area contributed by atoms with Gasteiger partial charge >= 0.3 is 0 Å². The Bertz CT molecular complexity index is 816. The molecule has 5 nitrogen and oxygen atoms in total. The Morgan fingerprint density at radius 3 is 2.42 bits per heavy atom. The van der Waals surface area contributed by atoms with Gasteiger partial charge in [-0.3, -0.25) is 0 Å². The number of hydrogen-bond donors (Lipinski definition) is 0. The maximum Gasteiger partial charge on any atom is 0.156 e. The van der Waals surface area contributed by atoms with E-state index >= 15 is 0 Å². The number of hydrogen-bond acceptors (Lipinski definition) is 4. The predicted octanol–water partition coefficient (Wildman–Crippen LogP) is 3.83. The molecule has 0 unspecified atom stereocenters. The van der Waals surface area contributed by atoms with Gasteiger partial charge in [0, 0.05) is 19.5 Å². The lowest BCUT2D eigenvalue weighted by atomic mass is 10.2. The molecule has 0 spiro atoms. The van der Waals surface area contributed by atoms with Gasteiger partial charge in [0.2, 0.25) is 0 Å². The summed E-state index contributed by atoms with van der Waals surface area (Å²) in [5.41, 5.74) is 2.26. The predicted molar refractivity (Wildman–Crippen MR) is 107 cm³/mol. The van der Waals surface area contributed by atoms with Crippen LogP contribution in [0, 0.1) is 0 Å². The Labute approximate surface area is 159 Å². The zero-order chi connectivity index (χ0) is 18.2. The highest BCUT2D eigenvalue weighted by Crippen LogP contribution is 2.12. The van der Waals surface area contributed by atoms with Crippen LogP contribution in [0.25, 0.3) is 5.69 Å². The van der Waals surface area contributed by atoms with Gasteiger partial charge in [0.05, 0.1) is 10.7 Å². The molecule has 0 aliphatic carbocycles. The summed E-state index contributed by atoms with van der Waals surface area (Å²) in [6.07, 6.45) is 2.58. The van der Waals surface area contributed by atoms with E-state index in [-0.39, 0.29) is 0 Å². The first-order chi connectivity index (χ1) is 12.8. The molecule has 134 valence electrons. The van der Waals surface area contributed by atoms with Crippen LogP contribution in [0.3, 0.4) is 0 Å². The molecule has 3 aromatic rings. The van der Waals surface area contributed by atoms with E-state index in [1.54, 1.807) is 4.68 Å². The van der Waals surface area contributed by atoms with Crippen LogP contribution in [0.4, 0.5) is 0 Å². The highest BCUT2D eigenvalue weighted by Gasteiger charge is 2.11. The molecular weight excluding hydrogens is 342 g/mol. The summed E-state index contributed by atoms with van der Waals surface area (Å²) in [6.45, 7) is 3.92. The lowest BCUT2D eigenvalue weighted by Crippen LogP contribution is -2.28. The lowest BCUT2D eigenvalue weighted by Gasteiger charge is -2.23. The van der Waals surface area contributed by atoms with Gasteiger partial charge in [-0.05, 0) is 47.9 Å². The molecule has 0 atom stereocenters. The first-order valence-electron chi connectivity index (χ1n) is 8.92. The van der Waals surface area contributed by atoms with Crippen molar-refractivity contribution in [3.63, 3.8) is 0 Å². The summed E-state index contributed by atoms with van der Waals surface area (Å²) >= 11 is 5.66. The van der Waals surface area contributed by atoms with E-state index in [0.29, 0.717) is 0 Å². The van der Waals surface area contributed by atoms with Crippen LogP contribution in [-0.2, 0) is 13.0 Å². The summed E-state index contributed by atoms with van der Waals surface area (Å²) in [5.74, 6) is 0.866. The molecule has 0 aliphatic heterocycles. The molecule has 1 aromatic heterocycles. The number of benzene rings is 2. The second-order valence-corrected chi connectivity index (χ2v) is 6.56. The number of aromatic nitrogens is 4. The van der Waals surface area contributed by atoms with Crippen molar-refractivity contribution in [1.29, 1.82) is 0 Å². The zero-order valence-corrected chi connectivity index (χ0v) is 15.8. The average Bonchev–Trinajstić information content (AvgIpc) is 3.16. The van der Waals surface area contributed by atoms with Crippen molar-refractivity contribution in [1.82, 2.24) is 25.1 Å². The third-order valence-electron chi connectivity index (χ3n) is 4.28. The largest absolute Gasteiger partial charge is 0.362 e. The molecule has 0 N–H and O–H groups in total. The highest BCUT2D eigenvalue weighted by molar-refractivity contribution is 7.80. The molecule has 0 saturated heterocycles.